The number of β-amino-alcohol motifs (C(OH)–C–C–N with tert-alkyl or cyclic N) is 1. The van der Waals surface area contributed by atoms with Crippen LogP contribution in [0.25, 0.3) is 0 Å². The highest BCUT2D eigenvalue weighted by Crippen LogP contribution is 2.31. The van der Waals surface area contributed by atoms with E-state index in [1.165, 1.54) is 19.0 Å². The Labute approximate surface area is 142 Å². The van der Waals surface area contributed by atoms with E-state index >= 15 is 0 Å². The molecule has 0 aliphatic carbocycles. The number of benzene rings is 1. The van der Waals surface area contributed by atoms with E-state index in [-0.39, 0.29) is 16.0 Å². The van der Waals surface area contributed by atoms with Crippen LogP contribution in [0.3, 0.4) is 0 Å². The number of nitrogens with zero attached hydrogens (tertiary/aromatic N) is 5. The number of carbonyl (C=O) groups excluding carboxylic acids is 1. The van der Waals surface area contributed by atoms with Gasteiger partial charge in [0.2, 0.25) is 9.47 Å². The van der Waals surface area contributed by atoms with Gasteiger partial charge in [-0.2, -0.15) is 0 Å². The minimum Gasteiger partial charge on any atom is -0.371 e. The van der Waals surface area contributed by atoms with Crippen LogP contribution >= 0.6 is 11.3 Å². The predicted molar refractivity (Wildman–Crippen MR) is 88.5 cm³/mol. The molecule has 1 aliphatic heterocycles. The number of carbonyl (C=O) groups is 1. The number of rotatable bonds is 4. The molecule has 1 unspecified atom stereocenters. The molecular weight excluding hydrogens is 354 g/mol. The topological polar surface area (TPSA) is 107 Å². The van der Waals surface area contributed by atoms with Gasteiger partial charge in [-0.05, 0) is 12.1 Å². The molecule has 0 saturated carbocycles. The molecule has 1 fully saturated rings. The predicted octanol–water partition coefficient (Wildman–Crippen LogP) is 0.553. The van der Waals surface area contributed by atoms with Gasteiger partial charge < -0.3 is 5.11 Å². The van der Waals surface area contributed by atoms with E-state index in [9.17, 15) is 18.3 Å². The molecule has 0 radical (unpaired) electrons. The largest absolute Gasteiger partial charge is 0.371 e. The van der Waals surface area contributed by atoms with Crippen molar-refractivity contribution >= 4 is 38.2 Å². The molecule has 2 aromatic rings. The van der Waals surface area contributed by atoms with Crippen molar-refractivity contribution in [3.63, 3.8) is 0 Å². The Kier molecular flexibility index (Phi) is 4.25. The minimum absolute atomic E-state index is 0.0337. The second-order valence-corrected chi connectivity index (χ2v) is 8.50. The maximum atomic E-state index is 12.6. The average molecular weight is 369 g/mol. The molecule has 1 saturated heterocycles. The maximum absolute atomic E-state index is 12.6. The van der Waals surface area contributed by atoms with Gasteiger partial charge in [-0.3, -0.25) is 4.90 Å². The highest BCUT2D eigenvalue weighted by atomic mass is 32.2. The summed E-state index contributed by atoms with van der Waals surface area (Å²) in [6.45, 7) is 0.0538. The molecule has 1 atom stereocenters. The molecule has 1 aromatic heterocycles. The number of aromatic nitrogens is 2. The third kappa shape index (κ3) is 2.75. The Morgan fingerprint density at radius 2 is 1.92 bits per heavy atom. The summed E-state index contributed by atoms with van der Waals surface area (Å²) in [6, 6.07) is 8.39. The molecule has 1 aromatic carbocycles. The van der Waals surface area contributed by atoms with Gasteiger partial charge in [-0.25, -0.2) is 22.4 Å². The quantitative estimate of drug-likeness (QED) is 0.789. The first-order chi connectivity index (χ1) is 11.3. The van der Waals surface area contributed by atoms with Gasteiger partial charge in [0.25, 0.3) is 10.0 Å². The van der Waals surface area contributed by atoms with E-state index in [2.05, 4.69) is 10.2 Å². The molecule has 11 heteroatoms. The van der Waals surface area contributed by atoms with Crippen molar-refractivity contribution in [2.45, 2.75) is 10.6 Å². The standard InChI is InChI=1S/C13H15N5O4S2/c1-16(2)24(21,22)12-15-14-11(23-12)18-10(19)8-17(13(18)20)9-6-4-3-5-7-9/h3-7,10,19H,8H2,1-2H3. The molecule has 2 heterocycles. The summed E-state index contributed by atoms with van der Waals surface area (Å²) in [6.07, 6.45) is -1.14. The van der Waals surface area contributed by atoms with E-state index < -0.39 is 22.3 Å². The Morgan fingerprint density at radius 1 is 1.25 bits per heavy atom. The number of amides is 2. The van der Waals surface area contributed by atoms with E-state index in [0.29, 0.717) is 5.69 Å². The highest BCUT2D eigenvalue weighted by Gasteiger charge is 2.40. The van der Waals surface area contributed by atoms with E-state index in [1.807, 2.05) is 6.07 Å². The molecule has 24 heavy (non-hydrogen) atoms. The molecule has 1 N–H and O–H groups in total. The zero-order valence-electron chi connectivity index (χ0n) is 12.9. The van der Waals surface area contributed by atoms with E-state index in [1.54, 1.807) is 24.3 Å². The maximum Gasteiger partial charge on any atom is 0.333 e. The molecule has 2 amide bonds. The number of hydrogen-bond donors (Lipinski definition) is 1. The number of hydrogen-bond acceptors (Lipinski definition) is 7. The van der Waals surface area contributed by atoms with Crippen molar-refractivity contribution in [3.8, 4) is 0 Å². The van der Waals surface area contributed by atoms with Crippen molar-refractivity contribution in [3.05, 3.63) is 30.3 Å². The Bertz CT molecular complexity index is 852. The van der Waals surface area contributed by atoms with Crippen LogP contribution in [0.15, 0.2) is 34.7 Å². The van der Waals surface area contributed by atoms with Gasteiger partial charge in [0.05, 0.1) is 6.54 Å². The summed E-state index contributed by atoms with van der Waals surface area (Å²) < 4.78 is 24.9. The summed E-state index contributed by atoms with van der Waals surface area (Å²) in [7, 11) is -0.984. The van der Waals surface area contributed by atoms with Crippen LogP contribution in [0.2, 0.25) is 0 Å². The van der Waals surface area contributed by atoms with Crippen LogP contribution in [0.4, 0.5) is 15.6 Å². The van der Waals surface area contributed by atoms with Crippen molar-refractivity contribution in [1.29, 1.82) is 0 Å². The summed E-state index contributed by atoms with van der Waals surface area (Å²) in [4.78, 5) is 15.0. The fraction of sp³-hybridized carbons (Fsp3) is 0.308. The van der Waals surface area contributed by atoms with Crippen LogP contribution < -0.4 is 9.80 Å². The van der Waals surface area contributed by atoms with Gasteiger partial charge >= 0.3 is 6.03 Å². The normalized spacial score (nSPS) is 18.7. The highest BCUT2D eigenvalue weighted by molar-refractivity contribution is 7.91. The number of anilines is 2. The van der Waals surface area contributed by atoms with Gasteiger partial charge in [-0.15, -0.1) is 10.2 Å². The van der Waals surface area contributed by atoms with Gasteiger partial charge in [0, 0.05) is 19.8 Å². The van der Waals surface area contributed by atoms with Gasteiger partial charge in [0.1, 0.15) is 0 Å². The molecular formula is C13H15N5O4S2. The molecule has 3 rings (SSSR count). The third-order valence-corrected chi connectivity index (χ3v) is 6.54. The fourth-order valence-electron chi connectivity index (χ4n) is 2.17. The van der Waals surface area contributed by atoms with Crippen LogP contribution in [0.5, 0.6) is 0 Å². The fourth-order valence-corrected chi connectivity index (χ4v) is 4.34. The first-order valence-corrected chi connectivity index (χ1v) is 9.18. The second-order valence-electron chi connectivity index (χ2n) is 5.22. The molecule has 9 nitrogen and oxygen atoms in total. The van der Waals surface area contributed by atoms with Crippen molar-refractivity contribution in [2.75, 3.05) is 30.4 Å². The summed E-state index contributed by atoms with van der Waals surface area (Å²) >= 11 is 0.737. The first-order valence-electron chi connectivity index (χ1n) is 6.92. The number of aliphatic hydroxyl groups excluding tert-OH is 1. The summed E-state index contributed by atoms with van der Waals surface area (Å²) in [5, 5.41) is 17.6. The molecule has 0 spiro atoms. The smallest absolute Gasteiger partial charge is 0.333 e. The van der Waals surface area contributed by atoms with Crippen LogP contribution in [0, 0.1) is 0 Å². The minimum atomic E-state index is -3.74. The zero-order valence-corrected chi connectivity index (χ0v) is 14.5. The van der Waals surface area contributed by atoms with Gasteiger partial charge in [0.15, 0.2) is 6.23 Å². The third-order valence-electron chi connectivity index (χ3n) is 3.45. The molecule has 1 aliphatic rings. The van der Waals surface area contributed by atoms with E-state index in [0.717, 1.165) is 20.5 Å². The van der Waals surface area contributed by atoms with Crippen molar-refractivity contribution in [2.24, 2.45) is 0 Å². The van der Waals surface area contributed by atoms with Gasteiger partial charge in [-0.1, -0.05) is 29.5 Å². The van der Waals surface area contributed by atoms with Crippen molar-refractivity contribution < 1.29 is 18.3 Å². The lowest BCUT2D eigenvalue weighted by Crippen LogP contribution is -2.34. The lowest BCUT2D eigenvalue weighted by molar-refractivity contribution is 0.197. The Balaban J connectivity index is 1.91. The number of sulfonamides is 1. The lowest BCUT2D eigenvalue weighted by Gasteiger charge is -2.16. The first kappa shape index (κ1) is 16.8. The second kappa shape index (κ2) is 6.09. The lowest BCUT2D eigenvalue weighted by atomic mass is 10.3. The van der Waals surface area contributed by atoms with E-state index in [4.69, 9.17) is 0 Å². The van der Waals surface area contributed by atoms with Crippen LogP contribution in [-0.4, -0.2) is 60.9 Å². The Morgan fingerprint density at radius 3 is 2.54 bits per heavy atom. The van der Waals surface area contributed by atoms with Crippen LogP contribution in [-0.2, 0) is 10.0 Å². The zero-order chi connectivity index (χ0) is 17.5. The average Bonchev–Trinajstić information content (AvgIpc) is 3.13. The summed E-state index contributed by atoms with van der Waals surface area (Å²) in [5.41, 5.74) is 0.634. The van der Waals surface area contributed by atoms with Crippen molar-refractivity contribution in [1.82, 2.24) is 14.5 Å². The molecule has 128 valence electrons. The number of para-hydroxylation sites is 1. The number of aliphatic hydroxyl groups is 1. The SMILES string of the molecule is CN(C)S(=O)(=O)c1nnc(N2C(=O)N(c3ccccc3)CC2O)s1. The Hall–Kier alpha value is -2.08. The monoisotopic (exact) mass is 369 g/mol. The molecule has 0 bridgehead atoms. The summed E-state index contributed by atoms with van der Waals surface area (Å²) in [5.74, 6) is 0. The number of urea groups is 1. The van der Waals surface area contributed by atoms with Crippen LogP contribution in [0.1, 0.15) is 0 Å².